The summed E-state index contributed by atoms with van der Waals surface area (Å²) in [5.41, 5.74) is 1.90. The number of fused-ring (bicyclic) bond motifs is 1. The maximum atomic E-state index is 12.9. The van der Waals surface area contributed by atoms with Crippen molar-refractivity contribution in [3.63, 3.8) is 0 Å². The van der Waals surface area contributed by atoms with Crippen molar-refractivity contribution in [3.8, 4) is 0 Å². The number of hydrogen-bond acceptors (Lipinski definition) is 6. The van der Waals surface area contributed by atoms with Gasteiger partial charge in [0.2, 0.25) is 0 Å². The molecule has 3 heterocycles. The molecule has 7 nitrogen and oxygen atoms in total. The highest BCUT2D eigenvalue weighted by atomic mass is 32.1. The number of ether oxygens (including phenoxy) is 2. The molecule has 4 rings (SSSR count). The average Bonchev–Trinajstić information content (AvgIpc) is 3.39. The molecule has 2 fully saturated rings. The van der Waals surface area contributed by atoms with Crippen molar-refractivity contribution in [3.05, 3.63) is 33.8 Å². The highest BCUT2D eigenvalue weighted by Crippen LogP contribution is 2.42. The minimum Gasteiger partial charge on any atom is -0.379 e. The first-order valence-electron chi connectivity index (χ1n) is 9.36. The Labute approximate surface area is 163 Å². The van der Waals surface area contributed by atoms with Crippen LogP contribution in [0.1, 0.15) is 39.8 Å². The van der Waals surface area contributed by atoms with E-state index in [1.54, 1.807) is 14.2 Å². The second kappa shape index (κ2) is 7.69. The number of nitrogens with zero attached hydrogens (tertiary/aromatic N) is 4. The highest BCUT2D eigenvalue weighted by molar-refractivity contribution is 7.12. The Morgan fingerprint density at radius 3 is 2.74 bits per heavy atom. The van der Waals surface area contributed by atoms with Gasteiger partial charge in [0.25, 0.3) is 5.91 Å². The molecule has 0 aromatic carbocycles. The largest absolute Gasteiger partial charge is 0.379 e. The van der Waals surface area contributed by atoms with E-state index in [-0.39, 0.29) is 18.1 Å². The Hall–Kier alpha value is -1.77. The van der Waals surface area contributed by atoms with Crippen LogP contribution in [0.2, 0.25) is 0 Å². The van der Waals surface area contributed by atoms with Gasteiger partial charge in [-0.1, -0.05) is 5.21 Å². The summed E-state index contributed by atoms with van der Waals surface area (Å²) in [6.45, 7) is 4.10. The summed E-state index contributed by atoms with van der Waals surface area (Å²) in [5, 5.41) is 10.5. The van der Waals surface area contributed by atoms with Crippen LogP contribution in [0.25, 0.3) is 0 Å². The monoisotopic (exact) mass is 390 g/mol. The normalized spacial score (nSPS) is 27.7. The second-order valence-corrected chi connectivity index (χ2v) is 8.51. The molecule has 27 heavy (non-hydrogen) atoms. The van der Waals surface area contributed by atoms with E-state index in [2.05, 4.69) is 10.3 Å². The molecule has 4 atom stereocenters. The SMILES string of the molecule is COCc1cn([C@@H]2C[C@@H]3CN(C(=O)c4sccc4C)C[C@@H]3C[C@H]2OC)nn1. The minimum atomic E-state index is 0.0851. The van der Waals surface area contributed by atoms with Crippen LogP contribution in [0, 0.1) is 18.8 Å². The van der Waals surface area contributed by atoms with E-state index in [1.807, 2.05) is 34.1 Å². The van der Waals surface area contributed by atoms with Crippen LogP contribution in [0.15, 0.2) is 17.6 Å². The molecule has 0 spiro atoms. The molecule has 1 aliphatic carbocycles. The van der Waals surface area contributed by atoms with Gasteiger partial charge in [-0.15, -0.1) is 16.4 Å². The predicted molar refractivity (Wildman–Crippen MR) is 102 cm³/mol. The number of aromatic nitrogens is 3. The molecule has 8 heteroatoms. The number of carbonyl (C=O) groups is 1. The predicted octanol–water partition coefficient (Wildman–Crippen LogP) is 2.53. The van der Waals surface area contributed by atoms with Gasteiger partial charge in [0.1, 0.15) is 5.69 Å². The van der Waals surface area contributed by atoms with Crippen LogP contribution < -0.4 is 0 Å². The molecule has 146 valence electrons. The molecule has 2 aromatic heterocycles. The molecule has 0 radical (unpaired) electrons. The van der Waals surface area contributed by atoms with Crippen molar-refractivity contribution in [2.24, 2.45) is 11.8 Å². The number of methoxy groups -OCH3 is 2. The topological polar surface area (TPSA) is 69.5 Å². The minimum absolute atomic E-state index is 0.0851. The Balaban J connectivity index is 1.49. The molecule has 1 saturated carbocycles. The first kappa shape index (κ1) is 18.6. The van der Waals surface area contributed by atoms with Crippen LogP contribution in [-0.4, -0.2) is 59.2 Å². The number of rotatable bonds is 5. The third-order valence-electron chi connectivity index (χ3n) is 5.92. The number of amides is 1. The Bertz CT molecular complexity index is 804. The quantitative estimate of drug-likeness (QED) is 0.785. The van der Waals surface area contributed by atoms with Gasteiger partial charge in [-0.25, -0.2) is 4.68 Å². The molecule has 1 amide bonds. The summed E-state index contributed by atoms with van der Waals surface area (Å²) in [7, 11) is 3.42. The molecular formula is C19H26N4O3S. The molecule has 2 aromatic rings. The second-order valence-electron chi connectivity index (χ2n) is 7.60. The van der Waals surface area contributed by atoms with Crippen LogP contribution in [0.5, 0.6) is 0 Å². The fraction of sp³-hybridized carbons (Fsp3) is 0.632. The molecule has 2 aliphatic rings. The standard InChI is InChI=1S/C19H26N4O3S/c1-12-4-5-27-18(12)19(24)22-8-13-6-16(17(26-3)7-14(13)9-22)23-10-15(11-25-2)20-21-23/h4-5,10,13-14,16-17H,6-9,11H2,1-3H3/t13-,14+,16-,17-/m1/s1. The summed E-state index contributed by atoms with van der Waals surface area (Å²) in [4.78, 5) is 15.8. The first-order chi connectivity index (χ1) is 13.1. The molecule has 0 bridgehead atoms. The van der Waals surface area contributed by atoms with Crippen LogP contribution in [0.3, 0.4) is 0 Å². The molecule has 1 saturated heterocycles. The lowest BCUT2D eigenvalue weighted by molar-refractivity contribution is -0.00548. The summed E-state index contributed by atoms with van der Waals surface area (Å²) in [5.74, 6) is 1.13. The summed E-state index contributed by atoms with van der Waals surface area (Å²) >= 11 is 1.54. The van der Waals surface area contributed by atoms with E-state index in [4.69, 9.17) is 9.47 Å². The fourth-order valence-electron chi connectivity index (χ4n) is 4.51. The van der Waals surface area contributed by atoms with E-state index in [0.717, 1.165) is 42.1 Å². The van der Waals surface area contributed by atoms with Gasteiger partial charge in [0.15, 0.2) is 0 Å². The molecular weight excluding hydrogens is 364 g/mol. The Kier molecular flexibility index (Phi) is 5.29. The first-order valence-corrected chi connectivity index (χ1v) is 10.2. The van der Waals surface area contributed by atoms with Gasteiger partial charge >= 0.3 is 0 Å². The van der Waals surface area contributed by atoms with E-state index in [1.165, 1.54) is 11.3 Å². The van der Waals surface area contributed by atoms with Crippen molar-refractivity contribution < 1.29 is 14.3 Å². The molecule has 1 aliphatic heterocycles. The van der Waals surface area contributed by atoms with Gasteiger partial charge in [-0.05, 0) is 48.6 Å². The van der Waals surface area contributed by atoms with Gasteiger partial charge in [0.05, 0.1) is 29.8 Å². The molecule has 0 N–H and O–H groups in total. The number of hydrogen-bond donors (Lipinski definition) is 0. The Morgan fingerprint density at radius 2 is 2.07 bits per heavy atom. The maximum absolute atomic E-state index is 12.9. The zero-order chi connectivity index (χ0) is 19.0. The van der Waals surface area contributed by atoms with Crippen LogP contribution >= 0.6 is 11.3 Å². The number of aryl methyl sites for hydroxylation is 1. The summed E-state index contributed by atoms with van der Waals surface area (Å²) in [6.07, 6.45) is 3.93. The fourth-order valence-corrected chi connectivity index (χ4v) is 5.40. The van der Waals surface area contributed by atoms with Crippen molar-refractivity contribution >= 4 is 17.2 Å². The number of thiophene rings is 1. The smallest absolute Gasteiger partial charge is 0.264 e. The summed E-state index contributed by atoms with van der Waals surface area (Å²) in [6, 6.07) is 2.16. The average molecular weight is 391 g/mol. The van der Waals surface area contributed by atoms with Gasteiger partial charge in [0, 0.05) is 27.3 Å². The third-order valence-corrected chi connectivity index (χ3v) is 6.93. The lowest BCUT2D eigenvalue weighted by Gasteiger charge is -2.36. The van der Waals surface area contributed by atoms with Crippen molar-refractivity contribution in [2.45, 2.75) is 38.5 Å². The van der Waals surface area contributed by atoms with E-state index < -0.39 is 0 Å². The van der Waals surface area contributed by atoms with E-state index in [9.17, 15) is 4.79 Å². The van der Waals surface area contributed by atoms with Crippen LogP contribution in [-0.2, 0) is 16.1 Å². The number of likely N-dealkylation sites (tertiary alicyclic amines) is 1. The number of carbonyl (C=O) groups excluding carboxylic acids is 1. The lowest BCUT2D eigenvalue weighted by atomic mass is 9.77. The van der Waals surface area contributed by atoms with Gasteiger partial charge in [-0.2, -0.15) is 0 Å². The highest BCUT2D eigenvalue weighted by Gasteiger charge is 2.45. The van der Waals surface area contributed by atoms with Crippen LogP contribution in [0.4, 0.5) is 0 Å². The van der Waals surface area contributed by atoms with Gasteiger partial charge < -0.3 is 14.4 Å². The van der Waals surface area contributed by atoms with Crippen molar-refractivity contribution in [1.82, 2.24) is 19.9 Å². The van der Waals surface area contributed by atoms with E-state index in [0.29, 0.717) is 18.4 Å². The zero-order valence-corrected chi connectivity index (χ0v) is 16.8. The third kappa shape index (κ3) is 3.53. The van der Waals surface area contributed by atoms with Crippen molar-refractivity contribution in [2.75, 3.05) is 27.3 Å². The Morgan fingerprint density at radius 1 is 1.30 bits per heavy atom. The maximum Gasteiger partial charge on any atom is 0.264 e. The summed E-state index contributed by atoms with van der Waals surface area (Å²) < 4.78 is 12.9. The van der Waals surface area contributed by atoms with E-state index >= 15 is 0 Å². The zero-order valence-electron chi connectivity index (χ0n) is 16.0. The molecule has 0 unspecified atom stereocenters. The van der Waals surface area contributed by atoms with Gasteiger partial charge in [-0.3, -0.25) is 4.79 Å². The lowest BCUT2D eigenvalue weighted by Crippen LogP contribution is -2.37. The van der Waals surface area contributed by atoms with Crippen molar-refractivity contribution in [1.29, 1.82) is 0 Å².